The standard InChI is InChI=1S/C17H17N7O5/c1-3-22-11(2)13(7-19-22)9-21-10-14(8-18-21)20-17(25)12-4-15(23(26)27)6-16(5-12)24(28)29/h4-8,10H,3,9H2,1-2H3,(H,20,25). The maximum Gasteiger partial charge on any atom is 0.277 e. The first-order valence-corrected chi connectivity index (χ1v) is 8.57. The van der Waals surface area contributed by atoms with Gasteiger partial charge >= 0.3 is 0 Å². The van der Waals surface area contributed by atoms with Gasteiger partial charge in [0.05, 0.1) is 46.1 Å². The quantitative estimate of drug-likeness (QED) is 0.473. The second-order valence-electron chi connectivity index (χ2n) is 6.20. The number of rotatable bonds is 7. The van der Waals surface area contributed by atoms with Crippen LogP contribution in [0.4, 0.5) is 17.1 Å². The Morgan fingerprint density at radius 1 is 1.10 bits per heavy atom. The number of nitrogens with one attached hydrogen (secondary N) is 1. The van der Waals surface area contributed by atoms with Crippen molar-refractivity contribution in [3.05, 3.63) is 73.8 Å². The van der Waals surface area contributed by atoms with Crippen molar-refractivity contribution in [3.63, 3.8) is 0 Å². The van der Waals surface area contributed by atoms with E-state index < -0.39 is 27.1 Å². The summed E-state index contributed by atoms with van der Waals surface area (Å²) in [6, 6.07) is 2.76. The zero-order chi connectivity index (χ0) is 21.1. The Kier molecular flexibility index (Phi) is 5.34. The molecule has 29 heavy (non-hydrogen) atoms. The number of carbonyl (C=O) groups is 1. The van der Waals surface area contributed by atoms with Gasteiger partial charge in [-0.2, -0.15) is 10.2 Å². The lowest BCUT2D eigenvalue weighted by Crippen LogP contribution is -2.12. The van der Waals surface area contributed by atoms with Crippen LogP contribution in [0.15, 0.2) is 36.8 Å². The summed E-state index contributed by atoms with van der Waals surface area (Å²) >= 11 is 0. The van der Waals surface area contributed by atoms with Gasteiger partial charge in [0.25, 0.3) is 17.3 Å². The van der Waals surface area contributed by atoms with Crippen molar-refractivity contribution in [1.29, 1.82) is 0 Å². The van der Waals surface area contributed by atoms with Gasteiger partial charge in [-0.25, -0.2) is 0 Å². The van der Waals surface area contributed by atoms with Gasteiger partial charge in [-0.3, -0.25) is 34.4 Å². The van der Waals surface area contributed by atoms with Crippen molar-refractivity contribution < 1.29 is 14.6 Å². The Morgan fingerprint density at radius 2 is 1.76 bits per heavy atom. The zero-order valence-electron chi connectivity index (χ0n) is 15.6. The first-order valence-electron chi connectivity index (χ1n) is 8.57. The van der Waals surface area contributed by atoms with E-state index in [1.54, 1.807) is 17.1 Å². The van der Waals surface area contributed by atoms with Crippen LogP contribution in [-0.2, 0) is 13.1 Å². The molecule has 12 heteroatoms. The molecule has 3 rings (SSSR count). The van der Waals surface area contributed by atoms with Crippen molar-refractivity contribution in [1.82, 2.24) is 19.6 Å². The molecule has 3 aromatic rings. The van der Waals surface area contributed by atoms with Crippen LogP contribution >= 0.6 is 0 Å². The normalized spacial score (nSPS) is 10.7. The summed E-state index contributed by atoms with van der Waals surface area (Å²) in [5.41, 5.74) is 1.06. The Hall–Kier alpha value is -4.09. The molecular weight excluding hydrogens is 382 g/mol. The summed E-state index contributed by atoms with van der Waals surface area (Å²) in [6.07, 6.45) is 4.76. The van der Waals surface area contributed by atoms with E-state index in [4.69, 9.17) is 0 Å². The number of nitrogens with zero attached hydrogens (tertiary/aromatic N) is 6. The summed E-state index contributed by atoms with van der Waals surface area (Å²) in [5, 5.41) is 32.9. The predicted molar refractivity (Wildman–Crippen MR) is 102 cm³/mol. The van der Waals surface area contributed by atoms with Crippen LogP contribution in [0.2, 0.25) is 0 Å². The lowest BCUT2D eigenvalue weighted by Gasteiger charge is -2.04. The summed E-state index contributed by atoms with van der Waals surface area (Å²) in [6.45, 7) is 5.14. The highest BCUT2D eigenvalue weighted by Gasteiger charge is 2.20. The van der Waals surface area contributed by atoms with Gasteiger partial charge < -0.3 is 5.32 Å². The molecule has 2 aromatic heterocycles. The Morgan fingerprint density at radius 3 is 2.31 bits per heavy atom. The van der Waals surface area contributed by atoms with Crippen LogP contribution in [0.1, 0.15) is 28.5 Å². The molecule has 0 saturated carbocycles. The van der Waals surface area contributed by atoms with Crippen LogP contribution in [0, 0.1) is 27.2 Å². The highest BCUT2D eigenvalue weighted by Crippen LogP contribution is 2.23. The molecule has 1 aromatic carbocycles. The van der Waals surface area contributed by atoms with Gasteiger partial charge in [-0.1, -0.05) is 0 Å². The monoisotopic (exact) mass is 399 g/mol. The number of carbonyl (C=O) groups excluding carboxylic acids is 1. The molecule has 0 aliphatic rings. The fourth-order valence-corrected chi connectivity index (χ4v) is 2.79. The number of aromatic nitrogens is 4. The molecule has 0 spiro atoms. The fourth-order valence-electron chi connectivity index (χ4n) is 2.79. The number of nitro groups is 2. The smallest absolute Gasteiger partial charge is 0.277 e. The maximum absolute atomic E-state index is 12.4. The Labute approximate surface area is 164 Å². The summed E-state index contributed by atoms with van der Waals surface area (Å²) in [4.78, 5) is 32.8. The van der Waals surface area contributed by atoms with Gasteiger partial charge in [0.1, 0.15) is 0 Å². The topological polar surface area (TPSA) is 151 Å². The molecule has 150 valence electrons. The zero-order valence-corrected chi connectivity index (χ0v) is 15.6. The van der Waals surface area contributed by atoms with Crippen molar-refractivity contribution in [2.75, 3.05) is 5.32 Å². The number of hydrogen-bond acceptors (Lipinski definition) is 7. The SMILES string of the molecule is CCn1ncc(Cn2cc(NC(=O)c3cc([N+](=O)[O-])cc([N+](=O)[O-])c3)cn2)c1C. The second-order valence-corrected chi connectivity index (χ2v) is 6.20. The summed E-state index contributed by atoms with van der Waals surface area (Å²) in [7, 11) is 0. The molecule has 0 aliphatic carbocycles. The highest BCUT2D eigenvalue weighted by molar-refractivity contribution is 6.05. The molecule has 0 aliphatic heterocycles. The molecule has 0 atom stereocenters. The highest BCUT2D eigenvalue weighted by atomic mass is 16.6. The molecule has 0 saturated heterocycles. The maximum atomic E-state index is 12.4. The van der Waals surface area contributed by atoms with Crippen molar-refractivity contribution >= 4 is 23.0 Å². The van der Waals surface area contributed by atoms with Gasteiger partial charge in [0.2, 0.25) is 0 Å². The largest absolute Gasteiger partial charge is 0.319 e. The first-order chi connectivity index (χ1) is 13.8. The van der Waals surface area contributed by atoms with Crippen LogP contribution < -0.4 is 5.32 Å². The lowest BCUT2D eigenvalue weighted by molar-refractivity contribution is -0.394. The number of amides is 1. The number of benzene rings is 1. The molecule has 1 N–H and O–H groups in total. The van der Waals surface area contributed by atoms with Crippen molar-refractivity contribution in [3.8, 4) is 0 Å². The van der Waals surface area contributed by atoms with Crippen LogP contribution in [0.25, 0.3) is 0 Å². The number of non-ortho nitro benzene ring substituents is 2. The van der Waals surface area contributed by atoms with E-state index in [0.717, 1.165) is 36.0 Å². The van der Waals surface area contributed by atoms with Crippen LogP contribution in [0.5, 0.6) is 0 Å². The van der Waals surface area contributed by atoms with E-state index in [-0.39, 0.29) is 5.56 Å². The van der Waals surface area contributed by atoms with E-state index in [1.165, 1.54) is 6.20 Å². The molecular formula is C17H17N7O5. The number of nitro benzene ring substituents is 2. The van der Waals surface area contributed by atoms with E-state index >= 15 is 0 Å². The third-order valence-electron chi connectivity index (χ3n) is 4.31. The Balaban J connectivity index is 1.77. The second kappa shape index (κ2) is 7.88. The molecule has 0 radical (unpaired) electrons. The van der Waals surface area contributed by atoms with Crippen LogP contribution in [-0.4, -0.2) is 35.3 Å². The summed E-state index contributed by atoms with van der Waals surface area (Å²) in [5.74, 6) is -0.716. The molecule has 2 heterocycles. The van der Waals surface area contributed by atoms with Gasteiger partial charge in [0, 0.05) is 36.1 Å². The lowest BCUT2D eigenvalue weighted by atomic mass is 10.1. The van der Waals surface area contributed by atoms with E-state index in [9.17, 15) is 25.0 Å². The number of aryl methyl sites for hydroxylation is 1. The van der Waals surface area contributed by atoms with Crippen LogP contribution in [0.3, 0.4) is 0 Å². The average molecular weight is 399 g/mol. The number of hydrogen-bond donors (Lipinski definition) is 1. The molecule has 1 amide bonds. The molecule has 0 unspecified atom stereocenters. The molecule has 0 fully saturated rings. The fraction of sp³-hybridized carbons (Fsp3) is 0.235. The minimum atomic E-state index is -0.791. The van der Waals surface area contributed by atoms with Crippen molar-refractivity contribution in [2.24, 2.45) is 0 Å². The molecule has 12 nitrogen and oxygen atoms in total. The van der Waals surface area contributed by atoms with Gasteiger partial charge in [0.15, 0.2) is 0 Å². The predicted octanol–water partition coefficient (Wildman–Crippen LogP) is 2.52. The molecule has 0 bridgehead atoms. The minimum absolute atomic E-state index is 0.196. The Bertz CT molecular complexity index is 1070. The van der Waals surface area contributed by atoms with Gasteiger partial charge in [-0.05, 0) is 13.8 Å². The number of anilines is 1. The van der Waals surface area contributed by atoms with E-state index in [2.05, 4.69) is 15.5 Å². The average Bonchev–Trinajstić information content (AvgIpc) is 3.28. The van der Waals surface area contributed by atoms with Crippen molar-refractivity contribution in [2.45, 2.75) is 26.9 Å². The third-order valence-corrected chi connectivity index (χ3v) is 4.31. The first kappa shape index (κ1) is 19.7. The van der Waals surface area contributed by atoms with Gasteiger partial charge in [-0.15, -0.1) is 0 Å². The van der Waals surface area contributed by atoms with E-state index in [0.29, 0.717) is 12.2 Å². The third kappa shape index (κ3) is 4.26. The minimum Gasteiger partial charge on any atom is -0.319 e. The summed E-state index contributed by atoms with van der Waals surface area (Å²) < 4.78 is 3.46. The van der Waals surface area contributed by atoms with E-state index in [1.807, 2.05) is 18.5 Å².